The van der Waals surface area contributed by atoms with Crippen LogP contribution in [0.25, 0.3) is 0 Å². The molecule has 2 N–H and O–H groups in total. The number of hydrogen-bond donors (Lipinski definition) is 2. The van der Waals surface area contributed by atoms with Crippen molar-refractivity contribution >= 4 is 27.3 Å². The molecule has 0 aliphatic rings. The first-order valence-corrected chi connectivity index (χ1v) is 9.90. The summed E-state index contributed by atoms with van der Waals surface area (Å²) in [4.78, 5) is 11.4. The Morgan fingerprint density at radius 3 is 1.81 bits per heavy atom. The molecular weight excluding hydrogens is 348 g/mol. The molecule has 5 nitrogen and oxygen atoms in total. The van der Waals surface area contributed by atoms with E-state index in [0.29, 0.717) is 16.3 Å². The minimum Gasteiger partial charge on any atom is -0.326 e. The molecule has 0 atom stereocenters. The van der Waals surface area contributed by atoms with Crippen LogP contribution in [0.3, 0.4) is 0 Å². The summed E-state index contributed by atoms with van der Waals surface area (Å²) in [6.45, 7) is 11.4. The molecule has 0 bridgehead atoms. The van der Waals surface area contributed by atoms with Crippen molar-refractivity contribution in [2.45, 2.75) is 51.9 Å². The molecule has 2 aromatic rings. The van der Waals surface area contributed by atoms with Crippen LogP contribution in [0.1, 0.15) is 44.4 Å². The van der Waals surface area contributed by atoms with E-state index < -0.39 is 10.0 Å². The predicted molar refractivity (Wildman–Crippen MR) is 106 cm³/mol. The van der Waals surface area contributed by atoms with Gasteiger partial charge in [-0.25, -0.2) is 8.42 Å². The number of hydrogen-bond acceptors (Lipinski definition) is 3. The predicted octanol–water partition coefficient (Wildman–Crippen LogP) is 4.36. The van der Waals surface area contributed by atoms with Crippen molar-refractivity contribution in [2.75, 3.05) is 10.0 Å². The maximum absolute atomic E-state index is 12.9. The Labute approximate surface area is 155 Å². The molecule has 26 heavy (non-hydrogen) atoms. The van der Waals surface area contributed by atoms with Gasteiger partial charge < -0.3 is 5.32 Å². The number of anilines is 2. The summed E-state index contributed by atoms with van der Waals surface area (Å²) in [7, 11) is -3.71. The van der Waals surface area contributed by atoms with Gasteiger partial charge in [0.1, 0.15) is 0 Å². The Morgan fingerprint density at radius 2 is 1.38 bits per heavy atom. The number of aryl methyl sites for hydroxylation is 2. The van der Waals surface area contributed by atoms with E-state index in [4.69, 9.17) is 0 Å². The van der Waals surface area contributed by atoms with Crippen molar-refractivity contribution in [1.29, 1.82) is 0 Å². The molecule has 0 unspecified atom stereocenters. The van der Waals surface area contributed by atoms with Crippen LogP contribution in [-0.2, 0) is 20.2 Å². The monoisotopic (exact) mass is 374 g/mol. The Bertz CT molecular complexity index is 902. The highest BCUT2D eigenvalue weighted by Gasteiger charge is 2.23. The van der Waals surface area contributed by atoms with Gasteiger partial charge in [0, 0.05) is 18.3 Å². The normalized spacial score (nSPS) is 11.9. The van der Waals surface area contributed by atoms with Crippen molar-refractivity contribution < 1.29 is 13.2 Å². The molecule has 6 heteroatoms. The molecule has 2 aromatic carbocycles. The number of nitrogens with one attached hydrogen (secondary N) is 2. The molecule has 0 radical (unpaired) electrons. The highest BCUT2D eigenvalue weighted by molar-refractivity contribution is 7.92. The van der Waals surface area contributed by atoms with Crippen LogP contribution in [0.2, 0.25) is 0 Å². The summed E-state index contributed by atoms with van der Waals surface area (Å²) in [5.74, 6) is -0.177. The Morgan fingerprint density at radius 1 is 0.923 bits per heavy atom. The number of carbonyl (C=O) groups excluding carboxylic acids is 1. The first kappa shape index (κ1) is 20.0. The van der Waals surface area contributed by atoms with E-state index >= 15 is 0 Å². The van der Waals surface area contributed by atoms with E-state index in [1.165, 1.54) is 6.92 Å². The minimum absolute atomic E-state index is 0.0508. The van der Waals surface area contributed by atoms with Crippen LogP contribution in [-0.4, -0.2) is 14.3 Å². The standard InChI is InChI=1S/C20H26N2O3S/c1-13-11-16(20(4,5)6)12-14(2)19(13)26(24,25)22-18-9-7-17(8-10-18)21-15(3)23/h7-12,22H,1-6H3,(H,21,23). The minimum atomic E-state index is -3.71. The second kappa shape index (κ2) is 7.11. The van der Waals surface area contributed by atoms with E-state index in [1.807, 2.05) is 26.0 Å². The molecule has 0 spiro atoms. The maximum atomic E-state index is 12.9. The smallest absolute Gasteiger partial charge is 0.262 e. The number of benzene rings is 2. The topological polar surface area (TPSA) is 75.3 Å². The van der Waals surface area contributed by atoms with E-state index in [9.17, 15) is 13.2 Å². The van der Waals surface area contributed by atoms with E-state index in [-0.39, 0.29) is 11.3 Å². The van der Waals surface area contributed by atoms with Crippen molar-refractivity contribution in [3.8, 4) is 0 Å². The van der Waals surface area contributed by atoms with Crippen LogP contribution in [0, 0.1) is 13.8 Å². The third-order valence-corrected chi connectivity index (χ3v) is 5.74. The van der Waals surface area contributed by atoms with E-state index in [2.05, 4.69) is 30.8 Å². The van der Waals surface area contributed by atoms with Crippen molar-refractivity contribution in [3.05, 3.63) is 53.1 Å². The first-order valence-electron chi connectivity index (χ1n) is 8.42. The van der Waals surface area contributed by atoms with Gasteiger partial charge in [0.25, 0.3) is 10.0 Å². The van der Waals surface area contributed by atoms with Crippen LogP contribution in [0.15, 0.2) is 41.3 Å². The highest BCUT2D eigenvalue weighted by Crippen LogP contribution is 2.30. The zero-order valence-electron chi connectivity index (χ0n) is 16.1. The SMILES string of the molecule is CC(=O)Nc1ccc(NS(=O)(=O)c2c(C)cc(C(C)(C)C)cc2C)cc1. The number of rotatable bonds is 4. The lowest BCUT2D eigenvalue weighted by atomic mass is 9.85. The van der Waals surface area contributed by atoms with Gasteiger partial charge in [0.2, 0.25) is 5.91 Å². The van der Waals surface area contributed by atoms with Crippen LogP contribution < -0.4 is 10.0 Å². The lowest BCUT2D eigenvalue weighted by Crippen LogP contribution is -2.18. The summed E-state index contributed by atoms with van der Waals surface area (Å²) in [5.41, 5.74) is 3.55. The van der Waals surface area contributed by atoms with E-state index in [1.54, 1.807) is 24.3 Å². The molecule has 0 heterocycles. The first-order chi connectivity index (χ1) is 11.9. The molecule has 0 saturated heterocycles. The van der Waals surface area contributed by atoms with Gasteiger partial charge in [-0.05, 0) is 60.2 Å². The summed E-state index contributed by atoms with van der Waals surface area (Å²) in [5, 5.41) is 2.65. The third kappa shape index (κ3) is 4.64. The molecule has 0 aliphatic heterocycles. The number of sulfonamides is 1. The van der Waals surface area contributed by atoms with Crippen LogP contribution >= 0.6 is 0 Å². The van der Waals surface area contributed by atoms with Gasteiger partial charge in [-0.2, -0.15) is 0 Å². The van der Waals surface area contributed by atoms with E-state index in [0.717, 1.165) is 16.7 Å². The Balaban J connectivity index is 2.34. The summed E-state index contributed by atoms with van der Waals surface area (Å²) in [6, 6.07) is 10.4. The fraction of sp³-hybridized carbons (Fsp3) is 0.350. The summed E-state index contributed by atoms with van der Waals surface area (Å²) in [6.07, 6.45) is 0. The quantitative estimate of drug-likeness (QED) is 0.835. The molecule has 1 amide bonds. The average molecular weight is 375 g/mol. The second-order valence-electron chi connectivity index (χ2n) is 7.55. The van der Waals surface area contributed by atoms with Gasteiger partial charge >= 0.3 is 0 Å². The van der Waals surface area contributed by atoms with Gasteiger partial charge in [0.15, 0.2) is 0 Å². The van der Waals surface area contributed by atoms with Crippen molar-refractivity contribution in [2.24, 2.45) is 0 Å². The second-order valence-corrected chi connectivity index (χ2v) is 9.17. The number of carbonyl (C=O) groups is 1. The summed E-state index contributed by atoms with van der Waals surface area (Å²) < 4.78 is 28.4. The van der Waals surface area contributed by atoms with Crippen molar-refractivity contribution in [3.63, 3.8) is 0 Å². The highest BCUT2D eigenvalue weighted by atomic mass is 32.2. The van der Waals surface area contributed by atoms with Crippen molar-refractivity contribution in [1.82, 2.24) is 0 Å². The number of amides is 1. The molecular formula is C20H26N2O3S. The molecule has 0 aromatic heterocycles. The fourth-order valence-electron chi connectivity index (χ4n) is 2.84. The largest absolute Gasteiger partial charge is 0.326 e. The van der Waals surface area contributed by atoms with Crippen LogP contribution in [0.5, 0.6) is 0 Å². The lowest BCUT2D eigenvalue weighted by molar-refractivity contribution is -0.114. The maximum Gasteiger partial charge on any atom is 0.262 e. The molecule has 2 rings (SSSR count). The van der Waals surface area contributed by atoms with Gasteiger partial charge in [-0.3, -0.25) is 9.52 Å². The Hall–Kier alpha value is -2.34. The lowest BCUT2D eigenvalue weighted by Gasteiger charge is -2.22. The molecule has 0 aliphatic carbocycles. The van der Waals surface area contributed by atoms with Gasteiger partial charge in [0.05, 0.1) is 4.90 Å². The summed E-state index contributed by atoms with van der Waals surface area (Å²) >= 11 is 0. The fourth-order valence-corrected chi connectivity index (χ4v) is 4.35. The molecule has 0 saturated carbocycles. The average Bonchev–Trinajstić information content (AvgIpc) is 2.46. The molecule has 140 valence electrons. The zero-order valence-corrected chi connectivity index (χ0v) is 16.9. The molecule has 0 fully saturated rings. The van der Waals surface area contributed by atoms with Gasteiger partial charge in [-0.1, -0.05) is 32.9 Å². The zero-order chi connectivity index (χ0) is 19.7. The third-order valence-electron chi connectivity index (χ3n) is 4.05. The Kier molecular flexibility index (Phi) is 5.47. The van der Waals surface area contributed by atoms with Gasteiger partial charge in [-0.15, -0.1) is 0 Å². The van der Waals surface area contributed by atoms with Crippen LogP contribution in [0.4, 0.5) is 11.4 Å².